The monoisotopic (exact) mass is 470 g/mol. The summed E-state index contributed by atoms with van der Waals surface area (Å²) < 4.78 is 34.4. The van der Waals surface area contributed by atoms with E-state index < -0.39 is 10.0 Å². The number of sulfonamides is 1. The van der Waals surface area contributed by atoms with Crippen molar-refractivity contribution >= 4 is 15.9 Å². The van der Waals surface area contributed by atoms with Crippen LogP contribution in [0.3, 0.4) is 0 Å². The number of aryl methyl sites for hydroxylation is 2. The number of amides is 1. The van der Waals surface area contributed by atoms with Crippen molar-refractivity contribution in [1.29, 1.82) is 0 Å². The highest BCUT2D eigenvalue weighted by Gasteiger charge is 2.14. The van der Waals surface area contributed by atoms with Crippen molar-refractivity contribution in [2.75, 3.05) is 19.7 Å². The van der Waals surface area contributed by atoms with Crippen LogP contribution in [0.2, 0.25) is 0 Å². The van der Waals surface area contributed by atoms with Crippen LogP contribution < -0.4 is 14.8 Å². The number of nitrogens with zero attached hydrogens (tertiary/aromatic N) is 2. The fourth-order valence-electron chi connectivity index (χ4n) is 3.39. The maximum atomic E-state index is 12.3. The molecule has 0 aliphatic carbocycles. The summed E-state index contributed by atoms with van der Waals surface area (Å²) in [7, 11) is -3.67. The van der Waals surface area contributed by atoms with E-state index in [9.17, 15) is 13.2 Å². The quantitative estimate of drug-likeness (QED) is 0.449. The average molecular weight is 471 g/mol. The van der Waals surface area contributed by atoms with Crippen LogP contribution in [0.25, 0.3) is 5.69 Å². The lowest BCUT2D eigenvalue weighted by molar-refractivity contribution is -0.120. The smallest absolute Gasteiger partial charge is 0.240 e. The molecule has 0 radical (unpaired) electrons. The van der Waals surface area contributed by atoms with E-state index in [2.05, 4.69) is 15.1 Å². The Morgan fingerprint density at radius 1 is 1.03 bits per heavy atom. The molecule has 33 heavy (non-hydrogen) atoms. The fourth-order valence-corrected chi connectivity index (χ4v) is 4.42. The van der Waals surface area contributed by atoms with E-state index in [0.717, 1.165) is 22.6 Å². The molecule has 0 aliphatic heterocycles. The molecular formula is C24H30N4O4S. The predicted molar refractivity (Wildman–Crippen MR) is 127 cm³/mol. The molecule has 0 saturated heterocycles. The van der Waals surface area contributed by atoms with Crippen molar-refractivity contribution in [2.24, 2.45) is 0 Å². The summed E-state index contributed by atoms with van der Waals surface area (Å²) in [5.74, 6) is 0.403. The van der Waals surface area contributed by atoms with Crippen LogP contribution in [0.5, 0.6) is 5.75 Å². The van der Waals surface area contributed by atoms with Crippen molar-refractivity contribution in [3.05, 3.63) is 71.5 Å². The van der Waals surface area contributed by atoms with Gasteiger partial charge < -0.3 is 10.1 Å². The lowest BCUT2D eigenvalue weighted by Gasteiger charge is -2.09. The first-order chi connectivity index (χ1) is 15.8. The summed E-state index contributed by atoms with van der Waals surface area (Å²) in [5, 5.41) is 7.31. The SMILES string of the molecule is CCOc1ccc(S(=O)(=O)NCCC(=O)NCCc2ccc(-n3nc(C)cc3C)cc2)cc1. The van der Waals surface area contributed by atoms with Gasteiger partial charge in [-0.05, 0) is 75.2 Å². The van der Waals surface area contributed by atoms with Crippen LogP contribution in [0.4, 0.5) is 0 Å². The maximum Gasteiger partial charge on any atom is 0.240 e. The number of ether oxygens (including phenoxy) is 1. The van der Waals surface area contributed by atoms with Gasteiger partial charge in [-0.15, -0.1) is 0 Å². The zero-order valence-corrected chi connectivity index (χ0v) is 20.0. The summed E-state index contributed by atoms with van der Waals surface area (Å²) in [6.07, 6.45) is 0.744. The van der Waals surface area contributed by atoms with Gasteiger partial charge in [-0.2, -0.15) is 5.10 Å². The van der Waals surface area contributed by atoms with Crippen LogP contribution in [0, 0.1) is 13.8 Å². The first-order valence-corrected chi connectivity index (χ1v) is 12.4. The molecular weight excluding hydrogens is 440 g/mol. The second kappa shape index (κ2) is 11.1. The zero-order valence-electron chi connectivity index (χ0n) is 19.2. The van der Waals surface area contributed by atoms with Crippen LogP contribution in [0.1, 0.15) is 30.3 Å². The summed E-state index contributed by atoms with van der Waals surface area (Å²) in [6, 6.07) is 16.2. The molecule has 1 amide bonds. The third kappa shape index (κ3) is 6.90. The van der Waals surface area contributed by atoms with Crippen molar-refractivity contribution < 1.29 is 17.9 Å². The summed E-state index contributed by atoms with van der Waals surface area (Å²) in [6.45, 7) is 6.85. The standard InChI is InChI=1S/C24H30N4O4S/c1-4-32-22-9-11-23(12-10-22)33(30,31)26-16-14-24(29)25-15-13-20-5-7-21(8-6-20)28-19(3)17-18(2)27-28/h5-12,17,26H,4,13-16H2,1-3H3,(H,25,29). The second-order valence-electron chi connectivity index (χ2n) is 7.66. The Balaban J connectivity index is 1.40. The summed E-state index contributed by atoms with van der Waals surface area (Å²) >= 11 is 0. The molecule has 1 heterocycles. The van der Waals surface area contributed by atoms with Gasteiger partial charge >= 0.3 is 0 Å². The van der Waals surface area contributed by atoms with E-state index in [-0.39, 0.29) is 23.8 Å². The molecule has 0 fully saturated rings. The zero-order chi connectivity index (χ0) is 23.8. The molecule has 1 aromatic heterocycles. The number of carbonyl (C=O) groups is 1. The molecule has 2 N–H and O–H groups in total. The Labute approximate surface area is 195 Å². The third-order valence-electron chi connectivity index (χ3n) is 5.02. The fraction of sp³-hybridized carbons (Fsp3) is 0.333. The minimum absolute atomic E-state index is 0.0265. The third-order valence-corrected chi connectivity index (χ3v) is 6.49. The first-order valence-electron chi connectivity index (χ1n) is 10.9. The van der Waals surface area contributed by atoms with Gasteiger partial charge in [-0.3, -0.25) is 4.79 Å². The van der Waals surface area contributed by atoms with Crippen LogP contribution in [0.15, 0.2) is 59.5 Å². The van der Waals surface area contributed by atoms with Gasteiger partial charge in [0, 0.05) is 25.2 Å². The highest BCUT2D eigenvalue weighted by molar-refractivity contribution is 7.89. The molecule has 0 saturated carbocycles. The first kappa shape index (κ1) is 24.5. The van der Waals surface area contributed by atoms with Gasteiger partial charge in [0.1, 0.15) is 5.75 Å². The van der Waals surface area contributed by atoms with Crippen molar-refractivity contribution in [1.82, 2.24) is 19.8 Å². The normalized spacial score (nSPS) is 11.4. The predicted octanol–water partition coefficient (Wildman–Crippen LogP) is 2.92. The van der Waals surface area contributed by atoms with Crippen molar-refractivity contribution in [2.45, 2.75) is 38.5 Å². The number of nitrogens with one attached hydrogen (secondary N) is 2. The highest BCUT2D eigenvalue weighted by atomic mass is 32.2. The molecule has 176 valence electrons. The van der Waals surface area contributed by atoms with E-state index in [1.165, 1.54) is 12.1 Å². The van der Waals surface area contributed by atoms with Crippen LogP contribution in [-0.4, -0.2) is 43.8 Å². The van der Waals surface area contributed by atoms with Gasteiger partial charge in [0.2, 0.25) is 15.9 Å². The van der Waals surface area contributed by atoms with Crippen LogP contribution >= 0.6 is 0 Å². The lowest BCUT2D eigenvalue weighted by Crippen LogP contribution is -2.31. The Bertz CT molecular complexity index is 1170. The minimum atomic E-state index is -3.67. The number of benzene rings is 2. The molecule has 3 aromatic rings. The van der Waals surface area contributed by atoms with E-state index in [1.807, 2.05) is 55.8 Å². The summed E-state index contributed by atoms with van der Waals surface area (Å²) in [4.78, 5) is 12.2. The molecule has 0 aliphatic rings. The van der Waals surface area contributed by atoms with E-state index >= 15 is 0 Å². The molecule has 8 nitrogen and oxygen atoms in total. The van der Waals surface area contributed by atoms with Gasteiger partial charge in [0.15, 0.2) is 0 Å². The topological polar surface area (TPSA) is 102 Å². The number of aromatic nitrogens is 2. The number of rotatable bonds is 11. The number of hydrogen-bond donors (Lipinski definition) is 2. The van der Waals surface area contributed by atoms with E-state index in [1.54, 1.807) is 12.1 Å². The Hall–Kier alpha value is -3.17. The van der Waals surface area contributed by atoms with Gasteiger partial charge in [-0.25, -0.2) is 17.8 Å². The average Bonchev–Trinajstić information content (AvgIpc) is 3.12. The number of hydrogen-bond acceptors (Lipinski definition) is 5. The Morgan fingerprint density at radius 2 is 1.73 bits per heavy atom. The molecule has 0 unspecified atom stereocenters. The maximum absolute atomic E-state index is 12.3. The van der Waals surface area contributed by atoms with E-state index in [0.29, 0.717) is 25.3 Å². The minimum Gasteiger partial charge on any atom is -0.494 e. The van der Waals surface area contributed by atoms with E-state index in [4.69, 9.17) is 4.74 Å². The second-order valence-corrected chi connectivity index (χ2v) is 9.42. The Morgan fingerprint density at radius 3 is 2.33 bits per heavy atom. The van der Waals surface area contributed by atoms with Gasteiger partial charge in [-0.1, -0.05) is 12.1 Å². The van der Waals surface area contributed by atoms with Crippen molar-refractivity contribution in [3.8, 4) is 11.4 Å². The van der Waals surface area contributed by atoms with Crippen molar-refractivity contribution in [3.63, 3.8) is 0 Å². The van der Waals surface area contributed by atoms with Crippen LogP contribution in [-0.2, 0) is 21.2 Å². The highest BCUT2D eigenvalue weighted by Crippen LogP contribution is 2.16. The van der Waals surface area contributed by atoms with Gasteiger partial charge in [0.05, 0.1) is 22.9 Å². The summed E-state index contributed by atoms with van der Waals surface area (Å²) in [5.41, 5.74) is 4.14. The molecule has 0 spiro atoms. The molecule has 3 rings (SSSR count). The molecule has 0 atom stereocenters. The largest absolute Gasteiger partial charge is 0.494 e. The molecule has 2 aromatic carbocycles. The molecule has 9 heteroatoms. The lowest BCUT2D eigenvalue weighted by atomic mass is 10.1. The van der Waals surface area contributed by atoms with Gasteiger partial charge in [0.25, 0.3) is 0 Å². The Kier molecular flexibility index (Phi) is 8.24. The molecule has 0 bridgehead atoms. The number of carbonyl (C=O) groups excluding carboxylic acids is 1.